The number of aryl methyl sites for hydroxylation is 1. The largest absolute Gasteiger partial charge is 0.367 e. The predicted octanol–water partition coefficient (Wildman–Crippen LogP) is 4.10. The second-order valence-electron chi connectivity index (χ2n) is 5.96. The minimum Gasteiger partial charge on any atom is -0.367 e. The Bertz CT molecular complexity index is 396. The van der Waals surface area contributed by atoms with E-state index >= 15 is 0 Å². The van der Waals surface area contributed by atoms with Crippen molar-refractivity contribution in [3.8, 4) is 0 Å². The van der Waals surface area contributed by atoms with E-state index in [4.69, 9.17) is 4.74 Å². The van der Waals surface area contributed by atoms with Crippen LogP contribution in [0, 0.1) is 5.92 Å². The quantitative estimate of drug-likeness (QED) is 0.873. The number of hydrogen-bond acceptors (Lipinski definition) is 2. The number of ether oxygens (including phenoxy) is 1. The SMILES string of the molecule is CCc1ccc(C2OC(C(CC)CC)CNC2C)cc1. The monoisotopic (exact) mass is 275 g/mol. The van der Waals surface area contributed by atoms with Crippen LogP contribution in [0.3, 0.4) is 0 Å². The summed E-state index contributed by atoms with van der Waals surface area (Å²) >= 11 is 0. The van der Waals surface area contributed by atoms with E-state index in [9.17, 15) is 0 Å². The van der Waals surface area contributed by atoms with Crippen molar-refractivity contribution in [1.29, 1.82) is 0 Å². The van der Waals surface area contributed by atoms with Crippen LogP contribution in [0.1, 0.15) is 57.8 Å². The van der Waals surface area contributed by atoms with Crippen molar-refractivity contribution in [3.63, 3.8) is 0 Å². The summed E-state index contributed by atoms with van der Waals surface area (Å²) in [6, 6.07) is 9.31. The first-order valence-electron chi connectivity index (χ1n) is 8.17. The highest BCUT2D eigenvalue weighted by atomic mass is 16.5. The van der Waals surface area contributed by atoms with Gasteiger partial charge in [-0.2, -0.15) is 0 Å². The topological polar surface area (TPSA) is 21.3 Å². The Hall–Kier alpha value is -0.860. The summed E-state index contributed by atoms with van der Waals surface area (Å²) in [5.74, 6) is 0.660. The van der Waals surface area contributed by atoms with E-state index in [1.54, 1.807) is 0 Å². The lowest BCUT2D eigenvalue weighted by atomic mass is 9.92. The summed E-state index contributed by atoms with van der Waals surface area (Å²) < 4.78 is 6.44. The maximum atomic E-state index is 6.44. The molecule has 1 aromatic carbocycles. The lowest BCUT2D eigenvalue weighted by Gasteiger charge is -2.39. The molecule has 3 unspecified atom stereocenters. The minimum absolute atomic E-state index is 0.181. The fourth-order valence-corrected chi connectivity index (χ4v) is 3.17. The molecule has 0 aliphatic carbocycles. The van der Waals surface area contributed by atoms with Gasteiger partial charge in [-0.05, 0) is 30.4 Å². The highest BCUT2D eigenvalue weighted by Gasteiger charge is 2.32. The minimum atomic E-state index is 0.181. The standard InChI is InChI=1S/C18H29NO/c1-5-14-8-10-16(11-9-14)18-13(4)19-12-17(20-18)15(6-2)7-3/h8-11,13,15,17-19H,5-7,12H2,1-4H3. The van der Waals surface area contributed by atoms with Crippen LogP contribution in [0.15, 0.2) is 24.3 Å². The molecule has 1 heterocycles. The molecule has 20 heavy (non-hydrogen) atoms. The maximum Gasteiger partial charge on any atom is 0.0979 e. The van der Waals surface area contributed by atoms with Crippen LogP contribution in [0.25, 0.3) is 0 Å². The first kappa shape index (κ1) is 15.5. The summed E-state index contributed by atoms with van der Waals surface area (Å²) in [5, 5.41) is 3.63. The molecule has 0 bridgehead atoms. The van der Waals surface area contributed by atoms with E-state index in [0.29, 0.717) is 18.1 Å². The lowest BCUT2D eigenvalue weighted by molar-refractivity contribution is -0.0881. The van der Waals surface area contributed by atoms with E-state index in [1.807, 2.05) is 0 Å². The lowest BCUT2D eigenvalue weighted by Crippen LogP contribution is -2.49. The summed E-state index contributed by atoms with van der Waals surface area (Å²) in [6.45, 7) is 9.93. The number of nitrogens with one attached hydrogen (secondary N) is 1. The van der Waals surface area contributed by atoms with Crippen LogP contribution in [0.2, 0.25) is 0 Å². The molecule has 0 amide bonds. The number of hydrogen-bond donors (Lipinski definition) is 1. The van der Waals surface area contributed by atoms with Crippen molar-refractivity contribution in [2.45, 2.75) is 65.2 Å². The molecule has 3 atom stereocenters. The highest BCUT2D eigenvalue weighted by Crippen LogP contribution is 2.30. The van der Waals surface area contributed by atoms with E-state index in [1.165, 1.54) is 24.0 Å². The van der Waals surface area contributed by atoms with Gasteiger partial charge in [0, 0.05) is 12.6 Å². The molecule has 1 saturated heterocycles. The molecular weight excluding hydrogens is 246 g/mol. The van der Waals surface area contributed by atoms with Crippen molar-refractivity contribution in [2.75, 3.05) is 6.54 Å². The highest BCUT2D eigenvalue weighted by molar-refractivity contribution is 5.25. The average molecular weight is 275 g/mol. The van der Waals surface area contributed by atoms with Crippen molar-refractivity contribution in [1.82, 2.24) is 5.32 Å². The third-order valence-electron chi connectivity index (χ3n) is 4.71. The Morgan fingerprint density at radius 3 is 2.35 bits per heavy atom. The van der Waals surface area contributed by atoms with Crippen molar-refractivity contribution in [3.05, 3.63) is 35.4 Å². The van der Waals surface area contributed by atoms with Gasteiger partial charge in [0.25, 0.3) is 0 Å². The van der Waals surface area contributed by atoms with Gasteiger partial charge >= 0.3 is 0 Å². The fraction of sp³-hybridized carbons (Fsp3) is 0.667. The Balaban J connectivity index is 2.11. The normalized spacial score (nSPS) is 26.9. The van der Waals surface area contributed by atoms with Gasteiger partial charge in [-0.15, -0.1) is 0 Å². The second kappa shape index (κ2) is 7.24. The molecule has 1 N–H and O–H groups in total. The molecule has 1 aliphatic rings. The molecule has 0 saturated carbocycles. The zero-order valence-corrected chi connectivity index (χ0v) is 13.4. The molecule has 2 heteroatoms. The summed E-state index contributed by atoms with van der Waals surface area (Å²) in [7, 11) is 0. The maximum absolute atomic E-state index is 6.44. The van der Waals surface area contributed by atoms with Gasteiger partial charge in [0.05, 0.1) is 12.2 Å². The van der Waals surface area contributed by atoms with Crippen LogP contribution in [-0.2, 0) is 11.2 Å². The van der Waals surface area contributed by atoms with E-state index in [0.717, 1.165) is 13.0 Å². The molecule has 2 rings (SSSR count). The molecule has 2 nitrogen and oxygen atoms in total. The molecule has 112 valence electrons. The first-order chi connectivity index (χ1) is 9.69. The zero-order valence-electron chi connectivity index (χ0n) is 13.4. The zero-order chi connectivity index (χ0) is 14.5. The summed E-state index contributed by atoms with van der Waals surface area (Å²) in [6.07, 6.45) is 4.00. The van der Waals surface area contributed by atoms with Gasteiger partial charge < -0.3 is 10.1 Å². The molecule has 1 aliphatic heterocycles. The van der Waals surface area contributed by atoms with Crippen molar-refractivity contribution < 1.29 is 4.74 Å². The molecular formula is C18H29NO. The van der Waals surface area contributed by atoms with Crippen LogP contribution in [-0.4, -0.2) is 18.7 Å². The predicted molar refractivity (Wildman–Crippen MR) is 85.0 cm³/mol. The van der Waals surface area contributed by atoms with Gasteiger partial charge in [-0.25, -0.2) is 0 Å². The molecule has 1 aromatic rings. The third-order valence-corrected chi connectivity index (χ3v) is 4.71. The van der Waals surface area contributed by atoms with E-state index in [-0.39, 0.29) is 6.10 Å². The van der Waals surface area contributed by atoms with Gasteiger partial charge in [-0.3, -0.25) is 0 Å². The van der Waals surface area contributed by atoms with Crippen LogP contribution in [0.4, 0.5) is 0 Å². The van der Waals surface area contributed by atoms with Crippen LogP contribution >= 0.6 is 0 Å². The third kappa shape index (κ3) is 3.42. The smallest absolute Gasteiger partial charge is 0.0979 e. The van der Waals surface area contributed by atoms with E-state index in [2.05, 4.69) is 57.3 Å². The van der Waals surface area contributed by atoms with Gasteiger partial charge in [0.2, 0.25) is 0 Å². The molecule has 1 fully saturated rings. The fourth-order valence-electron chi connectivity index (χ4n) is 3.17. The first-order valence-corrected chi connectivity index (χ1v) is 8.17. The number of benzene rings is 1. The summed E-state index contributed by atoms with van der Waals surface area (Å²) in [4.78, 5) is 0. The molecule has 0 spiro atoms. The molecule has 0 radical (unpaired) electrons. The second-order valence-corrected chi connectivity index (χ2v) is 5.96. The van der Waals surface area contributed by atoms with Gasteiger partial charge in [0.15, 0.2) is 0 Å². The van der Waals surface area contributed by atoms with Gasteiger partial charge in [0.1, 0.15) is 0 Å². The summed E-state index contributed by atoms with van der Waals surface area (Å²) in [5.41, 5.74) is 2.69. The average Bonchev–Trinajstić information content (AvgIpc) is 2.50. The Labute approximate surface area is 123 Å². The Kier molecular flexibility index (Phi) is 5.62. The Morgan fingerprint density at radius 1 is 1.15 bits per heavy atom. The van der Waals surface area contributed by atoms with Crippen LogP contribution < -0.4 is 5.32 Å². The van der Waals surface area contributed by atoms with Crippen molar-refractivity contribution >= 4 is 0 Å². The van der Waals surface area contributed by atoms with Gasteiger partial charge in [-0.1, -0.05) is 57.9 Å². The van der Waals surface area contributed by atoms with Crippen molar-refractivity contribution in [2.24, 2.45) is 5.92 Å². The molecule has 0 aromatic heterocycles. The van der Waals surface area contributed by atoms with E-state index < -0.39 is 0 Å². The Morgan fingerprint density at radius 2 is 1.80 bits per heavy atom. The number of rotatable bonds is 5. The van der Waals surface area contributed by atoms with Crippen LogP contribution in [0.5, 0.6) is 0 Å². The number of morpholine rings is 1.